The lowest BCUT2D eigenvalue weighted by molar-refractivity contribution is 0.00169. The molecule has 3 heteroatoms. The highest BCUT2D eigenvalue weighted by Gasteiger charge is 2.35. The molecule has 2 N–H and O–H groups in total. The van der Waals surface area contributed by atoms with E-state index in [0.29, 0.717) is 6.42 Å². The minimum absolute atomic E-state index is 0.182. The average Bonchev–Trinajstić information content (AvgIpc) is 2.41. The second-order valence-electron chi connectivity index (χ2n) is 5.97. The topological polar surface area (TPSA) is 32.3 Å². The molecular weight excluding hydrogens is 258 g/mol. The van der Waals surface area contributed by atoms with Crippen LogP contribution in [0.3, 0.4) is 0 Å². The predicted molar refractivity (Wildman–Crippen MR) is 80.6 cm³/mol. The van der Waals surface area contributed by atoms with Gasteiger partial charge in [-0.3, -0.25) is 0 Å². The summed E-state index contributed by atoms with van der Waals surface area (Å²) in [4.78, 5) is 0. The normalized spacial score (nSPS) is 26.9. The molecule has 1 aromatic carbocycles. The zero-order valence-electron chi connectivity index (χ0n) is 11.8. The van der Waals surface area contributed by atoms with Crippen molar-refractivity contribution in [2.24, 2.45) is 5.92 Å². The standard InChI is InChI=1S/C16H24ClNO/c1-3-12-8-9-18-15(10-12)16(2,19)11-13-4-6-14(17)7-5-13/h4-7,12,15,18-19H,3,8-11H2,1-2H3. The van der Waals surface area contributed by atoms with E-state index in [2.05, 4.69) is 12.2 Å². The smallest absolute Gasteiger partial charge is 0.0812 e. The van der Waals surface area contributed by atoms with E-state index in [9.17, 15) is 5.11 Å². The SMILES string of the molecule is CCC1CCNC(C(C)(O)Cc2ccc(Cl)cc2)C1. The molecule has 2 nitrogen and oxygen atoms in total. The fraction of sp³-hybridized carbons (Fsp3) is 0.625. The first-order chi connectivity index (χ1) is 9.01. The Hall–Kier alpha value is -0.570. The van der Waals surface area contributed by atoms with Crippen molar-refractivity contribution in [3.63, 3.8) is 0 Å². The van der Waals surface area contributed by atoms with Gasteiger partial charge < -0.3 is 10.4 Å². The van der Waals surface area contributed by atoms with Gasteiger partial charge in [-0.05, 0) is 49.9 Å². The van der Waals surface area contributed by atoms with Crippen molar-refractivity contribution in [3.05, 3.63) is 34.9 Å². The fourth-order valence-electron chi connectivity index (χ4n) is 2.98. The Morgan fingerprint density at radius 2 is 2.05 bits per heavy atom. The van der Waals surface area contributed by atoms with Crippen LogP contribution in [-0.4, -0.2) is 23.3 Å². The number of nitrogens with one attached hydrogen (secondary N) is 1. The van der Waals surface area contributed by atoms with E-state index in [1.807, 2.05) is 31.2 Å². The van der Waals surface area contributed by atoms with Crippen LogP contribution in [0.4, 0.5) is 0 Å². The third kappa shape index (κ3) is 3.95. The molecule has 0 aromatic heterocycles. The molecule has 0 spiro atoms. The van der Waals surface area contributed by atoms with Crippen LogP contribution in [0, 0.1) is 5.92 Å². The quantitative estimate of drug-likeness (QED) is 0.886. The van der Waals surface area contributed by atoms with Gasteiger partial charge in [-0.1, -0.05) is 37.1 Å². The van der Waals surface area contributed by atoms with Gasteiger partial charge in [0.25, 0.3) is 0 Å². The third-order valence-corrected chi connectivity index (χ3v) is 4.57. The summed E-state index contributed by atoms with van der Waals surface area (Å²) in [5.74, 6) is 0.739. The third-order valence-electron chi connectivity index (χ3n) is 4.32. The maximum atomic E-state index is 10.8. The van der Waals surface area contributed by atoms with Gasteiger partial charge in [0.15, 0.2) is 0 Å². The molecule has 1 heterocycles. The molecule has 0 saturated carbocycles. The van der Waals surface area contributed by atoms with E-state index in [0.717, 1.165) is 29.5 Å². The molecule has 1 fully saturated rings. The molecular formula is C16H24ClNO. The Labute approximate surface area is 121 Å². The maximum Gasteiger partial charge on any atom is 0.0812 e. The molecule has 1 aliphatic heterocycles. The van der Waals surface area contributed by atoms with Crippen LogP contribution in [0.1, 0.15) is 38.7 Å². The Morgan fingerprint density at radius 3 is 2.68 bits per heavy atom. The van der Waals surface area contributed by atoms with Crippen LogP contribution in [0.2, 0.25) is 5.02 Å². The van der Waals surface area contributed by atoms with Crippen LogP contribution >= 0.6 is 11.6 Å². The lowest BCUT2D eigenvalue weighted by Crippen LogP contribution is -2.53. The van der Waals surface area contributed by atoms with Crippen molar-refractivity contribution in [2.75, 3.05) is 6.54 Å². The van der Waals surface area contributed by atoms with E-state index >= 15 is 0 Å². The molecule has 19 heavy (non-hydrogen) atoms. The number of benzene rings is 1. The highest BCUT2D eigenvalue weighted by Crippen LogP contribution is 2.28. The maximum absolute atomic E-state index is 10.8. The van der Waals surface area contributed by atoms with Gasteiger partial charge in [-0.25, -0.2) is 0 Å². The van der Waals surface area contributed by atoms with Crippen LogP contribution in [0.25, 0.3) is 0 Å². The molecule has 1 aliphatic rings. The van der Waals surface area contributed by atoms with E-state index < -0.39 is 5.60 Å². The van der Waals surface area contributed by atoms with Crippen LogP contribution in [0.5, 0.6) is 0 Å². The van der Waals surface area contributed by atoms with Gasteiger partial charge in [0.1, 0.15) is 0 Å². The molecule has 0 aliphatic carbocycles. The Morgan fingerprint density at radius 1 is 1.37 bits per heavy atom. The largest absolute Gasteiger partial charge is 0.388 e. The first-order valence-electron chi connectivity index (χ1n) is 7.21. The zero-order chi connectivity index (χ0) is 13.9. The average molecular weight is 282 g/mol. The van der Waals surface area contributed by atoms with Crippen molar-refractivity contribution < 1.29 is 5.11 Å². The summed E-state index contributed by atoms with van der Waals surface area (Å²) >= 11 is 5.89. The minimum Gasteiger partial charge on any atom is -0.388 e. The number of rotatable bonds is 4. The molecule has 0 bridgehead atoms. The van der Waals surface area contributed by atoms with Gasteiger partial charge in [-0.15, -0.1) is 0 Å². The Bertz CT molecular complexity index is 402. The first-order valence-corrected chi connectivity index (χ1v) is 7.59. The highest BCUT2D eigenvalue weighted by atomic mass is 35.5. The van der Waals surface area contributed by atoms with Gasteiger partial charge >= 0.3 is 0 Å². The lowest BCUT2D eigenvalue weighted by Gasteiger charge is -2.39. The van der Waals surface area contributed by atoms with Crippen molar-refractivity contribution in [2.45, 2.75) is 51.2 Å². The van der Waals surface area contributed by atoms with E-state index in [4.69, 9.17) is 11.6 Å². The number of hydrogen-bond donors (Lipinski definition) is 2. The van der Waals surface area contributed by atoms with Gasteiger partial charge in [-0.2, -0.15) is 0 Å². The molecule has 2 rings (SSSR count). The van der Waals surface area contributed by atoms with Crippen LogP contribution in [0.15, 0.2) is 24.3 Å². The van der Waals surface area contributed by atoms with Crippen molar-refractivity contribution in [1.82, 2.24) is 5.32 Å². The van der Waals surface area contributed by atoms with Crippen molar-refractivity contribution in [3.8, 4) is 0 Å². The second-order valence-corrected chi connectivity index (χ2v) is 6.40. The molecule has 106 valence electrons. The first kappa shape index (κ1) is 14.8. The summed E-state index contributed by atoms with van der Waals surface area (Å²) in [6, 6.07) is 7.95. The predicted octanol–water partition coefficient (Wildman–Crippen LogP) is 3.41. The zero-order valence-corrected chi connectivity index (χ0v) is 12.6. The molecule has 3 unspecified atom stereocenters. The lowest BCUT2D eigenvalue weighted by atomic mass is 9.80. The molecule has 0 amide bonds. The van der Waals surface area contributed by atoms with E-state index in [1.54, 1.807) is 0 Å². The summed E-state index contributed by atoms with van der Waals surface area (Å²) < 4.78 is 0. The fourth-order valence-corrected chi connectivity index (χ4v) is 3.11. The Kier molecular flexibility index (Phi) is 4.88. The summed E-state index contributed by atoms with van der Waals surface area (Å²) in [5, 5.41) is 15.0. The highest BCUT2D eigenvalue weighted by molar-refractivity contribution is 6.30. The van der Waals surface area contributed by atoms with Crippen LogP contribution < -0.4 is 5.32 Å². The number of halogens is 1. The van der Waals surface area contributed by atoms with E-state index in [-0.39, 0.29) is 6.04 Å². The Balaban J connectivity index is 2.02. The number of piperidine rings is 1. The van der Waals surface area contributed by atoms with Gasteiger partial charge in [0.2, 0.25) is 0 Å². The monoisotopic (exact) mass is 281 g/mol. The second kappa shape index (κ2) is 6.25. The molecule has 3 atom stereocenters. The minimum atomic E-state index is -0.707. The molecule has 1 aromatic rings. The van der Waals surface area contributed by atoms with Crippen molar-refractivity contribution in [1.29, 1.82) is 0 Å². The van der Waals surface area contributed by atoms with Gasteiger partial charge in [0, 0.05) is 17.5 Å². The summed E-state index contributed by atoms with van der Waals surface area (Å²) in [5.41, 5.74) is 0.427. The number of hydrogen-bond acceptors (Lipinski definition) is 2. The van der Waals surface area contributed by atoms with Crippen molar-refractivity contribution >= 4 is 11.6 Å². The summed E-state index contributed by atoms with van der Waals surface area (Å²) in [6.45, 7) is 5.19. The molecule has 1 saturated heterocycles. The number of aliphatic hydroxyl groups is 1. The van der Waals surface area contributed by atoms with Crippen LogP contribution in [-0.2, 0) is 6.42 Å². The summed E-state index contributed by atoms with van der Waals surface area (Å²) in [7, 11) is 0. The van der Waals surface area contributed by atoms with Gasteiger partial charge in [0.05, 0.1) is 5.60 Å². The van der Waals surface area contributed by atoms with E-state index in [1.165, 1.54) is 12.8 Å². The molecule has 0 radical (unpaired) electrons. The summed E-state index contributed by atoms with van der Waals surface area (Å²) in [6.07, 6.45) is 4.16.